The van der Waals surface area contributed by atoms with Gasteiger partial charge in [0.05, 0.1) is 22.3 Å². The topological polar surface area (TPSA) is 30.7 Å². The highest BCUT2D eigenvalue weighted by Crippen LogP contribution is 2.41. The van der Waals surface area contributed by atoms with Crippen LogP contribution in [0.4, 0.5) is 13.2 Å². The van der Waals surface area contributed by atoms with Gasteiger partial charge in [0.1, 0.15) is 5.69 Å². The molecule has 2 aromatic heterocycles. The summed E-state index contributed by atoms with van der Waals surface area (Å²) in [6.45, 7) is 6.29. The Morgan fingerprint density at radius 1 is 0.714 bits per heavy atom. The molecule has 3 nitrogen and oxygen atoms in total. The summed E-state index contributed by atoms with van der Waals surface area (Å²) < 4.78 is 44.9. The fraction of sp³-hybridized carbons (Fsp3) is 0.172. The molecule has 0 spiro atoms. The molecule has 0 aliphatic carbocycles. The number of hydrogen-bond acceptors (Lipinski definition) is 2. The van der Waals surface area contributed by atoms with E-state index in [1.54, 1.807) is 24.3 Å². The zero-order chi connectivity index (χ0) is 24.8. The second kappa shape index (κ2) is 8.38. The summed E-state index contributed by atoms with van der Waals surface area (Å²) in [7, 11) is 0. The van der Waals surface area contributed by atoms with Crippen LogP contribution in [0.1, 0.15) is 31.9 Å². The summed E-state index contributed by atoms with van der Waals surface area (Å²) in [5, 5.41) is 4.68. The van der Waals surface area contributed by atoms with E-state index >= 15 is 0 Å². The molecule has 3 aromatic carbocycles. The van der Waals surface area contributed by atoms with E-state index < -0.39 is 11.7 Å². The predicted octanol–water partition coefficient (Wildman–Crippen LogP) is 8.07. The minimum absolute atomic E-state index is 0.00968. The van der Waals surface area contributed by atoms with Crippen molar-refractivity contribution >= 4 is 11.0 Å². The van der Waals surface area contributed by atoms with Gasteiger partial charge in [0.2, 0.25) is 0 Å². The number of rotatable bonds is 3. The van der Waals surface area contributed by atoms with E-state index in [4.69, 9.17) is 4.98 Å². The van der Waals surface area contributed by atoms with Crippen LogP contribution in [-0.2, 0) is 11.6 Å². The number of hydrogen-bond donors (Lipinski definition) is 0. The lowest BCUT2D eigenvalue weighted by Gasteiger charge is -2.19. The molecule has 176 valence electrons. The molecule has 0 aliphatic heterocycles. The summed E-state index contributed by atoms with van der Waals surface area (Å²) in [5.41, 5.74) is 2.79. The molecule has 0 fully saturated rings. The number of para-hydroxylation sites is 1. The first-order valence-corrected chi connectivity index (χ1v) is 11.4. The normalized spacial score (nSPS) is 12.3. The molecule has 0 atom stereocenters. The Labute approximate surface area is 201 Å². The zero-order valence-electron chi connectivity index (χ0n) is 19.6. The fourth-order valence-corrected chi connectivity index (χ4v) is 4.18. The first-order chi connectivity index (χ1) is 16.6. The van der Waals surface area contributed by atoms with Gasteiger partial charge in [0, 0.05) is 11.1 Å². The third-order valence-corrected chi connectivity index (χ3v) is 6.04. The minimum Gasteiger partial charge on any atom is -0.228 e. The molecule has 0 unspecified atom stereocenters. The number of alkyl halides is 3. The third-order valence-electron chi connectivity index (χ3n) is 6.04. The summed E-state index contributed by atoms with van der Waals surface area (Å²) in [6.07, 6.45) is -4.59. The van der Waals surface area contributed by atoms with Gasteiger partial charge in [-0.2, -0.15) is 18.3 Å². The van der Waals surface area contributed by atoms with E-state index in [2.05, 4.69) is 25.9 Å². The van der Waals surface area contributed by atoms with Gasteiger partial charge in [0.15, 0.2) is 5.65 Å². The maximum atomic E-state index is 14.5. The van der Waals surface area contributed by atoms with E-state index in [9.17, 15) is 13.2 Å². The van der Waals surface area contributed by atoms with Crippen LogP contribution in [0, 0.1) is 0 Å². The van der Waals surface area contributed by atoms with Gasteiger partial charge in [-0.3, -0.25) is 0 Å². The van der Waals surface area contributed by atoms with Crippen molar-refractivity contribution in [1.82, 2.24) is 14.8 Å². The SMILES string of the molecule is CC(C)(C)c1ccc(-c2nn(-c3ccccc3)c3nc(-c4ccccc4)cc(C(F)(F)F)c23)cc1. The average Bonchev–Trinajstić information content (AvgIpc) is 3.23. The van der Waals surface area contributed by atoms with E-state index in [1.165, 1.54) is 4.68 Å². The van der Waals surface area contributed by atoms with Gasteiger partial charge in [0.25, 0.3) is 0 Å². The van der Waals surface area contributed by atoms with Crippen LogP contribution in [0.2, 0.25) is 0 Å². The summed E-state index contributed by atoms with van der Waals surface area (Å²) in [4.78, 5) is 4.70. The molecule has 0 saturated carbocycles. The molecular formula is C29H24F3N3. The minimum atomic E-state index is -4.59. The third kappa shape index (κ3) is 4.32. The quantitative estimate of drug-likeness (QED) is 0.266. The zero-order valence-corrected chi connectivity index (χ0v) is 19.6. The van der Waals surface area contributed by atoms with Crippen molar-refractivity contribution in [2.24, 2.45) is 0 Å². The lowest BCUT2D eigenvalue weighted by molar-refractivity contribution is -0.136. The average molecular weight is 472 g/mol. The van der Waals surface area contributed by atoms with Crippen LogP contribution in [0.5, 0.6) is 0 Å². The van der Waals surface area contributed by atoms with E-state index in [0.29, 0.717) is 16.8 Å². The molecule has 5 aromatic rings. The van der Waals surface area contributed by atoms with Crippen molar-refractivity contribution in [2.45, 2.75) is 32.4 Å². The molecule has 0 radical (unpaired) electrons. The number of pyridine rings is 1. The Kier molecular flexibility index (Phi) is 5.47. The van der Waals surface area contributed by atoms with E-state index in [-0.39, 0.29) is 27.8 Å². The lowest BCUT2D eigenvalue weighted by Crippen LogP contribution is -2.10. The Morgan fingerprint density at radius 3 is 1.89 bits per heavy atom. The van der Waals surface area contributed by atoms with Gasteiger partial charge in [-0.05, 0) is 29.2 Å². The van der Waals surface area contributed by atoms with Gasteiger partial charge < -0.3 is 0 Å². The van der Waals surface area contributed by atoms with Crippen molar-refractivity contribution in [1.29, 1.82) is 0 Å². The lowest BCUT2D eigenvalue weighted by atomic mass is 9.86. The van der Waals surface area contributed by atoms with E-state index in [0.717, 1.165) is 11.6 Å². The molecule has 0 bridgehead atoms. The number of aromatic nitrogens is 3. The largest absolute Gasteiger partial charge is 0.417 e. The van der Waals surface area contributed by atoms with Crippen LogP contribution >= 0.6 is 0 Å². The Balaban J connectivity index is 1.84. The molecule has 0 amide bonds. The van der Waals surface area contributed by atoms with Crippen molar-refractivity contribution in [3.63, 3.8) is 0 Å². The molecule has 0 saturated heterocycles. The van der Waals surface area contributed by atoms with Crippen molar-refractivity contribution < 1.29 is 13.2 Å². The van der Waals surface area contributed by atoms with Crippen molar-refractivity contribution in [3.05, 3.63) is 102 Å². The van der Waals surface area contributed by atoms with E-state index in [1.807, 2.05) is 60.7 Å². The van der Waals surface area contributed by atoms with Gasteiger partial charge >= 0.3 is 6.18 Å². The molecule has 5 rings (SSSR count). The highest BCUT2D eigenvalue weighted by molar-refractivity contribution is 5.96. The number of benzene rings is 3. The van der Waals surface area contributed by atoms with Crippen LogP contribution in [0.25, 0.3) is 39.2 Å². The summed E-state index contributed by atoms with van der Waals surface area (Å²) in [6, 6.07) is 26.7. The maximum Gasteiger partial charge on any atom is 0.417 e. The predicted molar refractivity (Wildman–Crippen MR) is 133 cm³/mol. The van der Waals surface area contributed by atoms with Gasteiger partial charge in [-0.1, -0.05) is 93.6 Å². The van der Waals surface area contributed by atoms with Crippen LogP contribution in [0.3, 0.4) is 0 Å². The molecule has 6 heteroatoms. The van der Waals surface area contributed by atoms with Crippen molar-refractivity contribution in [3.8, 4) is 28.2 Å². The van der Waals surface area contributed by atoms with Crippen LogP contribution in [-0.4, -0.2) is 14.8 Å². The van der Waals surface area contributed by atoms with Crippen LogP contribution < -0.4 is 0 Å². The Morgan fingerprint density at radius 2 is 1.31 bits per heavy atom. The number of fused-ring (bicyclic) bond motifs is 1. The first kappa shape index (κ1) is 22.8. The van der Waals surface area contributed by atoms with Crippen molar-refractivity contribution in [2.75, 3.05) is 0 Å². The number of nitrogens with zero attached hydrogens (tertiary/aromatic N) is 3. The first-order valence-electron chi connectivity index (χ1n) is 11.4. The fourth-order valence-electron chi connectivity index (χ4n) is 4.18. The summed E-state index contributed by atoms with van der Waals surface area (Å²) >= 11 is 0. The smallest absolute Gasteiger partial charge is 0.228 e. The highest BCUT2D eigenvalue weighted by atomic mass is 19.4. The van der Waals surface area contributed by atoms with Gasteiger partial charge in [-0.15, -0.1) is 0 Å². The molecular weight excluding hydrogens is 447 g/mol. The molecule has 35 heavy (non-hydrogen) atoms. The standard InChI is InChI=1S/C29H24F3N3/c1-28(2,3)21-16-14-20(15-17-21)26-25-23(29(30,31)32)18-24(19-10-6-4-7-11-19)33-27(25)35(34-26)22-12-8-5-9-13-22/h4-18H,1-3H3. The number of halogens is 3. The highest BCUT2D eigenvalue weighted by Gasteiger charge is 2.36. The van der Waals surface area contributed by atoms with Gasteiger partial charge in [-0.25, -0.2) is 9.67 Å². The monoisotopic (exact) mass is 471 g/mol. The summed E-state index contributed by atoms with van der Waals surface area (Å²) in [5.74, 6) is 0. The second-order valence-corrected chi connectivity index (χ2v) is 9.54. The maximum absolute atomic E-state index is 14.5. The second-order valence-electron chi connectivity index (χ2n) is 9.54. The molecule has 0 N–H and O–H groups in total. The Bertz CT molecular complexity index is 1480. The van der Waals surface area contributed by atoms with Crippen LogP contribution in [0.15, 0.2) is 91.0 Å². The molecule has 0 aliphatic rings. The Hall–Kier alpha value is -3.93. The molecule has 2 heterocycles.